The molecule has 0 saturated carbocycles. The van der Waals surface area contributed by atoms with E-state index >= 15 is 0 Å². The van der Waals surface area contributed by atoms with Crippen LogP contribution in [0.4, 0.5) is 0 Å². The zero-order valence-corrected chi connectivity index (χ0v) is 12.3. The van der Waals surface area contributed by atoms with Crippen LogP contribution in [0.1, 0.15) is 16.8 Å². The number of hydrogen-bond donors (Lipinski definition) is 2. The van der Waals surface area contributed by atoms with Crippen molar-refractivity contribution in [3.63, 3.8) is 0 Å². The lowest BCUT2D eigenvalue weighted by molar-refractivity contribution is -0.151. The lowest BCUT2D eigenvalue weighted by Crippen LogP contribution is -2.40. The molecule has 1 aliphatic heterocycles. The van der Waals surface area contributed by atoms with Crippen LogP contribution in [0, 0.1) is 5.41 Å². The SMILES string of the molecule is COCC1(C(=O)O)CCN(C(=O)c2ccc3cc[nH]c3c2)C1. The molecule has 6 nitrogen and oxygen atoms in total. The fourth-order valence-corrected chi connectivity index (χ4v) is 3.04. The number of methoxy groups -OCH3 is 1. The molecule has 0 bridgehead atoms. The molecular formula is C16H18N2O4. The second-order valence-corrected chi connectivity index (χ2v) is 5.77. The van der Waals surface area contributed by atoms with Crippen LogP contribution in [0.25, 0.3) is 10.9 Å². The van der Waals surface area contributed by atoms with Crippen molar-refractivity contribution in [3.05, 3.63) is 36.0 Å². The monoisotopic (exact) mass is 302 g/mol. The van der Waals surface area contributed by atoms with Gasteiger partial charge in [0.15, 0.2) is 0 Å². The minimum atomic E-state index is -0.999. The molecule has 2 aromatic rings. The van der Waals surface area contributed by atoms with Crippen LogP contribution in [-0.2, 0) is 9.53 Å². The van der Waals surface area contributed by atoms with Gasteiger partial charge in [0.05, 0.1) is 6.61 Å². The molecule has 0 aliphatic carbocycles. The zero-order chi connectivity index (χ0) is 15.7. The number of carboxylic acid groups (broad SMARTS) is 1. The van der Waals surface area contributed by atoms with Gasteiger partial charge in [-0.25, -0.2) is 0 Å². The minimum Gasteiger partial charge on any atom is -0.481 e. The number of carboxylic acids is 1. The Bertz CT molecular complexity index is 724. The number of hydrogen-bond acceptors (Lipinski definition) is 3. The van der Waals surface area contributed by atoms with E-state index < -0.39 is 11.4 Å². The maximum Gasteiger partial charge on any atom is 0.313 e. The van der Waals surface area contributed by atoms with Gasteiger partial charge in [0, 0.05) is 37.5 Å². The highest BCUT2D eigenvalue weighted by molar-refractivity contribution is 5.98. The number of benzene rings is 1. The van der Waals surface area contributed by atoms with Crippen molar-refractivity contribution in [1.29, 1.82) is 0 Å². The quantitative estimate of drug-likeness (QED) is 0.901. The third-order valence-corrected chi connectivity index (χ3v) is 4.32. The normalized spacial score (nSPS) is 21.4. The average Bonchev–Trinajstić information content (AvgIpc) is 3.13. The van der Waals surface area contributed by atoms with Gasteiger partial charge in [-0.3, -0.25) is 9.59 Å². The van der Waals surface area contributed by atoms with Crippen molar-refractivity contribution in [2.24, 2.45) is 5.41 Å². The van der Waals surface area contributed by atoms with Gasteiger partial charge in [-0.05, 0) is 30.0 Å². The largest absolute Gasteiger partial charge is 0.481 e. The van der Waals surface area contributed by atoms with Crippen molar-refractivity contribution in [2.75, 3.05) is 26.8 Å². The van der Waals surface area contributed by atoms with Gasteiger partial charge in [-0.1, -0.05) is 6.07 Å². The van der Waals surface area contributed by atoms with Gasteiger partial charge in [-0.2, -0.15) is 0 Å². The second-order valence-electron chi connectivity index (χ2n) is 5.77. The van der Waals surface area contributed by atoms with Crippen molar-refractivity contribution in [1.82, 2.24) is 9.88 Å². The molecule has 1 aromatic carbocycles. The molecule has 6 heteroatoms. The summed E-state index contributed by atoms with van der Waals surface area (Å²) in [5.41, 5.74) is 0.459. The fraction of sp³-hybridized carbons (Fsp3) is 0.375. The van der Waals surface area contributed by atoms with Gasteiger partial charge < -0.3 is 19.7 Å². The van der Waals surface area contributed by atoms with Crippen LogP contribution in [0.3, 0.4) is 0 Å². The molecule has 1 atom stereocenters. The summed E-state index contributed by atoms with van der Waals surface area (Å²) in [7, 11) is 1.48. The highest BCUT2D eigenvalue weighted by Crippen LogP contribution is 2.32. The Balaban J connectivity index is 1.82. The average molecular weight is 302 g/mol. The molecule has 2 heterocycles. The summed E-state index contributed by atoms with van der Waals surface area (Å²) < 4.78 is 5.05. The van der Waals surface area contributed by atoms with Crippen LogP contribution in [0.2, 0.25) is 0 Å². The van der Waals surface area contributed by atoms with Gasteiger partial charge >= 0.3 is 5.97 Å². The van der Waals surface area contributed by atoms with Crippen LogP contribution < -0.4 is 0 Å². The van der Waals surface area contributed by atoms with E-state index in [2.05, 4.69) is 4.98 Å². The van der Waals surface area contributed by atoms with Crippen LogP contribution in [-0.4, -0.2) is 53.7 Å². The molecule has 116 valence electrons. The molecule has 1 unspecified atom stereocenters. The van der Waals surface area contributed by atoms with Gasteiger partial charge in [0.1, 0.15) is 5.41 Å². The lowest BCUT2D eigenvalue weighted by Gasteiger charge is -2.23. The van der Waals surface area contributed by atoms with Gasteiger partial charge in [-0.15, -0.1) is 0 Å². The molecule has 0 radical (unpaired) electrons. The number of carbonyl (C=O) groups excluding carboxylic acids is 1. The zero-order valence-electron chi connectivity index (χ0n) is 12.3. The Morgan fingerprint density at radius 3 is 2.95 bits per heavy atom. The first kappa shape index (κ1) is 14.6. The van der Waals surface area contributed by atoms with Gasteiger partial charge in [0.2, 0.25) is 0 Å². The second kappa shape index (κ2) is 5.46. The summed E-state index contributed by atoms with van der Waals surface area (Å²) >= 11 is 0. The molecule has 1 fully saturated rings. The minimum absolute atomic E-state index is 0.113. The molecule has 2 N–H and O–H groups in total. The summed E-state index contributed by atoms with van der Waals surface area (Å²) in [6.45, 7) is 0.719. The number of nitrogens with zero attached hydrogens (tertiary/aromatic N) is 1. The third kappa shape index (κ3) is 2.35. The Morgan fingerprint density at radius 1 is 1.41 bits per heavy atom. The van der Waals surface area contributed by atoms with Crippen molar-refractivity contribution < 1.29 is 19.4 Å². The van der Waals surface area contributed by atoms with Crippen LogP contribution in [0.5, 0.6) is 0 Å². The number of ether oxygens (including phenoxy) is 1. The van der Waals surface area contributed by atoms with Crippen molar-refractivity contribution >= 4 is 22.8 Å². The highest BCUT2D eigenvalue weighted by Gasteiger charge is 2.46. The lowest BCUT2D eigenvalue weighted by atomic mass is 9.88. The number of aliphatic carboxylic acids is 1. The summed E-state index contributed by atoms with van der Waals surface area (Å²) in [5, 5.41) is 10.5. The maximum absolute atomic E-state index is 12.6. The predicted octanol–water partition coefficient (Wildman–Crippen LogP) is 1.73. The number of H-pyrrole nitrogens is 1. The highest BCUT2D eigenvalue weighted by atomic mass is 16.5. The first-order chi connectivity index (χ1) is 10.6. The van der Waals surface area contributed by atoms with E-state index in [1.165, 1.54) is 7.11 Å². The summed E-state index contributed by atoms with van der Waals surface area (Å²) in [5.74, 6) is -1.06. The summed E-state index contributed by atoms with van der Waals surface area (Å²) in [6, 6.07) is 7.40. The van der Waals surface area contributed by atoms with Crippen molar-refractivity contribution in [2.45, 2.75) is 6.42 Å². The molecule has 1 saturated heterocycles. The van der Waals surface area contributed by atoms with Gasteiger partial charge in [0.25, 0.3) is 5.91 Å². The number of nitrogens with one attached hydrogen (secondary N) is 1. The van der Waals surface area contributed by atoms with Crippen molar-refractivity contribution in [3.8, 4) is 0 Å². The number of aromatic amines is 1. The summed E-state index contributed by atoms with van der Waals surface area (Å²) in [4.78, 5) is 28.8. The van der Waals surface area contributed by atoms with E-state index in [4.69, 9.17) is 4.74 Å². The molecular weight excluding hydrogens is 284 g/mol. The third-order valence-electron chi connectivity index (χ3n) is 4.32. The van der Waals surface area contributed by atoms with E-state index in [0.29, 0.717) is 18.5 Å². The Hall–Kier alpha value is -2.34. The van der Waals surface area contributed by atoms with E-state index in [1.807, 2.05) is 18.3 Å². The topological polar surface area (TPSA) is 82.6 Å². The first-order valence-electron chi connectivity index (χ1n) is 7.14. The number of aromatic nitrogens is 1. The Morgan fingerprint density at radius 2 is 2.23 bits per heavy atom. The standard InChI is InChI=1S/C16H18N2O4/c1-22-10-16(15(20)21)5-7-18(9-16)14(19)12-3-2-11-4-6-17-13(11)8-12/h2-4,6,8,17H,5,7,9-10H2,1H3,(H,20,21). The van der Waals surface area contributed by atoms with E-state index in [0.717, 1.165) is 10.9 Å². The van der Waals surface area contributed by atoms with E-state index in [9.17, 15) is 14.7 Å². The Labute approximate surface area is 127 Å². The van der Waals surface area contributed by atoms with E-state index in [1.54, 1.807) is 17.0 Å². The first-order valence-corrected chi connectivity index (χ1v) is 7.14. The summed E-state index contributed by atoms with van der Waals surface area (Å²) in [6.07, 6.45) is 2.23. The fourth-order valence-electron chi connectivity index (χ4n) is 3.04. The van der Waals surface area contributed by atoms with Crippen LogP contribution in [0.15, 0.2) is 30.5 Å². The smallest absolute Gasteiger partial charge is 0.313 e. The predicted molar refractivity (Wildman–Crippen MR) is 80.8 cm³/mol. The number of fused-ring (bicyclic) bond motifs is 1. The number of likely N-dealkylation sites (tertiary alicyclic amines) is 1. The molecule has 1 aromatic heterocycles. The molecule has 22 heavy (non-hydrogen) atoms. The number of carbonyl (C=O) groups is 2. The molecule has 3 rings (SSSR count). The number of rotatable bonds is 4. The molecule has 1 amide bonds. The Kier molecular flexibility index (Phi) is 3.62. The molecule has 1 aliphatic rings. The van der Waals surface area contributed by atoms with Crippen LogP contribution >= 0.6 is 0 Å². The maximum atomic E-state index is 12.6. The molecule has 0 spiro atoms. The number of amides is 1. The van der Waals surface area contributed by atoms with E-state index in [-0.39, 0.29) is 19.1 Å².